The average Bonchev–Trinajstić information content (AvgIpc) is 2.73. The molecule has 1 heterocycles. The molecule has 0 unspecified atom stereocenters. The quantitative estimate of drug-likeness (QED) is 0.897. The number of para-hydroxylation sites is 2. The van der Waals surface area contributed by atoms with Crippen molar-refractivity contribution in [3.8, 4) is 0 Å². The van der Waals surface area contributed by atoms with Crippen molar-refractivity contribution in [3.63, 3.8) is 0 Å². The minimum Gasteiger partial charge on any atom is -0.349 e. The zero-order valence-corrected chi connectivity index (χ0v) is 11.8. The van der Waals surface area contributed by atoms with Gasteiger partial charge in [0.2, 0.25) is 5.91 Å². The molecule has 1 N–H and O–H groups in total. The molecule has 0 saturated heterocycles. The van der Waals surface area contributed by atoms with Crippen molar-refractivity contribution in [2.75, 3.05) is 0 Å². The van der Waals surface area contributed by atoms with Crippen molar-refractivity contribution in [1.29, 1.82) is 0 Å². The molecule has 4 heteroatoms. The van der Waals surface area contributed by atoms with E-state index in [-0.39, 0.29) is 5.91 Å². The molecule has 0 bridgehead atoms. The number of carbonyl (C=O) groups excluding carboxylic acids is 1. The summed E-state index contributed by atoms with van der Waals surface area (Å²) in [5.74, 6) is 1.38. The Kier molecular flexibility index (Phi) is 4.20. The van der Waals surface area contributed by atoms with Crippen molar-refractivity contribution in [1.82, 2.24) is 14.9 Å². The molecule has 0 atom stereocenters. The van der Waals surface area contributed by atoms with Gasteiger partial charge in [-0.1, -0.05) is 26.0 Å². The highest BCUT2D eigenvalue weighted by Crippen LogP contribution is 2.15. The zero-order chi connectivity index (χ0) is 13.8. The van der Waals surface area contributed by atoms with Crippen molar-refractivity contribution in [2.45, 2.75) is 40.3 Å². The van der Waals surface area contributed by atoms with Crippen LogP contribution in [0.1, 0.15) is 33.0 Å². The van der Waals surface area contributed by atoms with Crippen LogP contribution >= 0.6 is 0 Å². The van der Waals surface area contributed by atoms with Crippen LogP contribution in [-0.4, -0.2) is 15.5 Å². The van der Waals surface area contributed by atoms with E-state index < -0.39 is 0 Å². The van der Waals surface area contributed by atoms with Gasteiger partial charge < -0.3 is 9.88 Å². The molecular formula is C15H21N3O. The predicted octanol–water partition coefficient (Wildman–Crippen LogP) is 2.72. The van der Waals surface area contributed by atoms with Gasteiger partial charge in [-0.15, -0.1) is 0 Å². The van der Waals surface area contributed by atoms with Gasteiger partial charge in [0, 0.05) is 13.0 Å². The number of fused-ring (bicyclic) bond motifs is 1. The van der Waals surface area contributed by atoms with Gasteiger partial charge >= 0.3 is 0 Å². The maximum Gasteiger partial charge on any atom is 0.220 e. The SMILES string of the molecule is CCn1c(CNC(=O)CC(C)C)nc2ccccc21. The molecule has 0 spiro atoms. The number of benzene rings is 1. The fraction of sp³-hybridized carbons (Fsp3) is 0.467. The molecule has 0 aliphatic carbocycles. The van der Waals surface area contributed by atoms with Crippen molar-refractivity contribution < 1.29 is 4.79 Å². The van der Waals surface area contributed by atoms with E-state index in [1.54, 1.807) is 0 Å². The van der Waals surface area contributed by atoms with E-state index >= 15 is 0 Å². The van der Waals surface area contributed by atoms with E-state index in [0.29, 0.717) is 18.9 Å². The summed E-state index contributed by atoms with van der Waals surface area (Å²) in [4.78, 5) is 16.3. The molecule has 2 aromatic rings. The highest BCUT2D eigenvalue weighted by Gasteiger charge is 2.10. The van der Waals surface area contributed by atoms with Crippen LogP contribution in [0, 0.1) is 5.92 Å². The third-order valence-electron chi connectivity index (χ3n) is 3.09. The molecule has 0 aliphatic rings. The van der Waals surface area contributed by atoms with Gasteiger partial charge in [0.1, 0.15) is 5.82 Å². The van der Waals surface area contributed by atoms with Crippen LogP contribution in [0.25, 0.3) is 11.0 Å². The molecule has 19 heavy (non-hydrogen) atoms. The molecule has 0 aliphatic heterocycles. The Morgan fingerprint density at radius 2 is 2.11 bits per heavy atom. The molecule has 1 aromatic heterocycles. The first kappa shape index (κ1) is 13.6. The number of hydrogen-bond donors (Lipinski definition) is 1. The molecule has 0 radical (unpaired) electrons. The maximum absolute atomic E-state index is 11.7. The first-order chi connectivity index (χ1) is 9.11. The zero-order valence-electron chi connectivity index (χ0n) is 11.8. The van der Waals surface area contributed by atoms with Crippen LogP contribution < -0.4 is 5.32 Å². The minimum absolute atomic E-state index is 0.0877. The molecule has 1 aromatic carbocycles. The number of carbonyl (C=O) groups is 1. The summed E-state index contributed by atoms with van der Waals surface area (Å²) in [6, 6.07) is 8.06. The number of aryl methyl sites for hydroxylation is 1. The second-order valence-corrected chi connectivity index (χ2v) is 5.14. The fourth-order valence-corrected chi connectivity index (χ4v) is 2.23. The maximum atomic E-state index is 11.7. The number of imidazole rings is 1. The van der Waals surface area contributed by atoms with Crippen LogP contribution in [0.3, 0.4) is 0 Å². The van der Waals surface area contributed by atoms with Gasteiger partial charge in [-0.25, -0.2) is 4.98 Å². The predicted molar refractivity (Wildman–Crippen MR) is 76.7 cm³/mol. The molecule has 2 rings (SSSR count). The molecule has 1 amide bonds. The van der Waals surface area contributed by atoms with Gasteiger partial charge in [0.15, 0.2) is 0 Å². The Bertz CT molecular complexity index is 572. The number of nitrogens with one attached hydrogen (secondary N) is 1. The molecule has 4 nitrogen and oxygen atoms in total. The van der Waals surface area contributed by atoms with Crippen molar-refractivity contribution in [2.24, 2.45) is 5.92 Å². The standard InChI is InChI=1S/C15H21N3O/c1-4-18-13-8-6-5-7-12(13)17-14(18)10-16-15(19)9-11(2)3/h5-8,11H,4,9-10H2,1-3H3,(H,16,19). The van der Waals surface area contributed by atoms with E-state index in [0.717, 1.165) is 23.4 Å². The van der Waals surface area contributed by atoms with Crippen LogP contribution in [0.5, 0.6) is 0 Å². The monoisotopic (exact) mass is 259 g/mol. The number of aromatic nitrogens is 2. The van der Waals surface area contributed by atoms with Crippen molar-refractivity contribution in [3.05, 3.63) is 30.1 Å². The van der Waals surface area contributed by atoms with Gasteiger partial charge in [0.25, 0.3) is 0 Å². The van der Waals surface area contributed by atoms with Gasteiger partial charge in [-0.05, 0) is 25.0 Å². The van der Waals surface area contributed by atoms with Crippen LogP contribution in [0.4, 0.5) is 0 Å². The first-order valence-electron chi connectivity index (χ1n) is 6.82. The van der Waals surface area contributed by atoms with Crippen LogP contribution in [0.2, 0.25) is 0 Å². The minimum atomic E-state index is 0.0877. The second-order valence-electron chi connectivity index (χ2n) is 5.14. The summed E-state index contributed by atoms with van der Waals surface area (Å²) in [6.07, 6.45) is 0.562. The summed E-state index contributed by atoms with van der Waals surface area (Å²) in [5, 5.41) is 2.94. The van der Waals surface area contributed by atoms with E-state index in [1.807, 2.05) is 32.0 Å². The van der Waals surface area contributed by atoms with Crippen LogP contribution in [-0.2, 0) is 17.9 Å². The first-order valence-corrected chi connectivity index (χ1v) is 6.82. The largest absolute Gasteiger partial charge is 0.349 e. The molecule has 102 valence electrons. The van der Waals surface area contributed by atoms with Gasteiger partial charge in [-0.2, -0.15) is 0 Å². The summed E-state index contributed by atoms with van der Waals surface area (Å²) >= 11 is 0. The Hall–Kier alpha value is -1.84. The lowest BCUT2D eigenvalue weighted by Gasteiger charge is -2.08. The third-order valence-corrected chi connectivity index (χ3v) is 3.09. The number of rotatable bonds is 5. The average molecular weight is 259 g/mol. The lowest BCUT2D eigenvalue weighted by Crippen LogP contribution is -2.25. The number of amides is 1. The normalized spacial score (nSPS) is 11.2. The van der Waals surface area contributed by atoms with E-state index in [9.17, 15) is 4.79 Å². The molecule has 0 fully saturated rings. The third kappa shape index (κ3) is 3.13. The molecular weight excluding hydrogens is 238 g/mol. The summed E-state index contributed by atoms with van der Waals surface area (Å²) < 4.78 is 2.14. The van der Waals surface area contributed by atoms with Gasteiger partial charge in [0.05, 0.1) is 17.6 Å². The highest BCUT2D eigenvalue weighted by atomic mass is 16.1. The Morgan fingerprint density at radius 3 is 2.79 bits per heavy atom. The second kappa shape index (κ2) is 5.87. The lowest BCUT2D eigenvalue weighted by atomic mass is 10.1. The van der Waals surface area contributed by atoms with Crippen molar-refractivity contribution >= 4 is 16.9 Å². The van der Waals surface area contributed by atoms with Crippen LogP contribution in [0.15, 0.2) is 24.3 Å². The van der Waals surface area contributed by atoms with E-state index in [1.165, 1.54) is 0 Å². The van der Waals surface area contributed by atoms with Gasteiger partial charge in [-0.3, -0.25) is 4.79 Å². The Labute approximate surface area is 113 Å². The van der Waals surface area contributed by atoms with E-state index in [2.05, 4.69) is 27.9 Å². The summed E-state index contributed by atoms with van der Waals surface area (Å²) in [6.45, 7) is 7.53. The summed E-state index contributed by atoms with van der Waals surface area (Å²) in [5.41, 5.74) is 2.11. The number of hydrogen-bond acceptors (Lipinski definition) is 2. The summed E-state index contributed by atoms with van der Waals surface area (Å²) in [7, 11) is 0. The Morgan fingerprint density at radius 1 is 1.37 bits per heavy atom. The number of nitrogens with zero attached hydrogens (tertiary/aromatic N) is 2. The topological polar surface area (TPSA) is 46.9 Å². The smallest absolute Gasteiger partial charge is 0.220 e. The lowest BCUT2D eigenvalue weighted by molar-refractivity contribution is -0.122. The molecule has 0 saturated carbocycles. The Balaban J connectivity index is 2.14. The highest BCUT2D eigenvalue weighted by molar-refractivity contribution is 5.77. The fourth-order valence-electron chi connectivity index (χ4n) is 2.23. The van der Waals surface area contributed by atoms with E-state index in [4.69, 9.17) is 0 Å².